The van der Waals surface area contributed by atoms with Gasteiger partial charge in [-0.25, -0.2) is 14.8 Å². The van der Waals surface area contributed by atoms with Gasteiger partial charge in [0.15, 0.2) is 5.82 Å². The number of carbonyl (C=O) groups is 2. The summed E-state index contributed by atoms with van der Waals surface area (Å²) >= 11 is 0. The summed E-state index contributed by atoms with van der Waals surface area (Å²) in [5.41, 5.74) is 5.77. The Hall–Kier alpha value is -2.44. The topological polar surface area (TPSA) is 98.4 Å². The zero-order valence-corrected chi connectivity index (χ0v) is 13.0. The summed E-state index contributed by atoms with van der Waals surface area (Å²) in [6, 6.07) is 1.47. The molecule has 118 valence electrons. The zero-order valence-electron chi connectivity index (χ0n) is 13.0. The Morgan fingerprint density at radius 2 is 2.09 bits per heavy atom. The number of amides is 2. The Balaban J connectivity index is 2.07. The van der Waals surface area contributed by atoms with Crippen molar-refractivity contribution in [2.45, 2.75) is 32.8 Å². The minimum atomic E-state index is -0.588. The van der Waals surface area contributed by atoms with E-state index in [2.05, 4.69) is 9.97 Å². The minimum absolute atomic E-state index is 0.181. The van der Waals surface area contributed by atoms with Crippen LogP contribution >= 0.6 is 0 Å². The number of hydrogen-bond acceptors (Lipinski definition) is 5. The van der Waals surface area contributed by atoms with Crippen LogP contribution in [0.25, 0.3) is 5.57 Å². The van der Waals surface area contributed by atoms with E-state index < -0.39 is 11.5 Å². The number of hydrogen-bond donors (Lipinski definition) is 1. The summed E-state index contributed by atoms with van der Waals surface area (Å²) in [5.74, 6) is -0.115. The molecular weight excluding hydrogens is 284 g/mol. The molecule has 0 unspecified atom stereocenters. The van der Waals surface area contributed by atoms with Crippen LogP contribution in [-0.4, -0.2) is 45.6 Å². The summed E-state index contributed by atoms with van der Waals surface area (Å²) in [4.78, 5) is 33.0. The van der Waals surface area contributed by atoms with Gasteiger partial charge in [0.1, 0.15) is 11.3 Å². The van der Waals surface area contributed by atoms with E-state index in [1.165, 1.54) is 12.3 Å². The quantitative estimate of drug-likeness (QED) is 0.894. The maximum Gasteiger partial charge on any atom is 0.410 e. The lowest BCUT2D eigenvalue weighted by molar-refractivity contribution is 0.0270. The molecule has 7 nitrogen and oxygen atoms in total. The molecular formula is C15H20N4O3. The van der Waals surface area contributed by atoms with Gasteiger partial charge in [-0.3, -0.25) is 4.79 Å². The first-order valence-electron chi connectivity index (χ1n) is 7.06. The number of aromatic nitrogens is 2. The van der Waals surface area contributed by atoms with Gasteiger partial charge in [0.25, 0.3) is 5.91 Å². The fourth-order valence-electron chi connectivity index (χ4n) is 2.02. The number of primary amides is 1. The Labute approximate surface area is 129 Å². The number of nitrogens with two attached hydrogens (primary N) is 1. The van der Waals surface area contributed by atoms with Crippen molar-refractivity contribution in [2.24, 2.45) is 5.73 Å². The molecule has 2 heterocycles. The fraction of sp³-hybridized carbons (Fsp3) is 0.467. The first-order valence-corrected chi connectivity index (χ1v) is 7.06. The molecule has 1 aliphatic rings. The van der Waals surface area contributed by atoms with Crippen LogP contribution in [0.3, 0.4) is 0 Å². The zero-order chi connectivity index (χ0) is 16.3. The van der Waals surface area contributed by atoms with Crippen molar-refractivity contribution in [1.29, 1.82) is 0 Å². The molecule has 0 spiro atoms. The van der Waals surface area contributed by atoms with E-state index in [9.17, 15) is 9.59 Å². The van der Waals surface area contributed by atoms with Crippen molar-refractivity contribution in [2.75, 3.05) is 13.1 Å². The summed E-state index contributed by atoms with van der Waals surface area (Å²) in [6.45, 7) is 6.44. The average Bonchev–Trinajstić information content (AvgIpc) is 2.46. The van der Waals surface area contributed by atoms with Crippen LogP contribution in [0.2, 0.25) is 0 Å². The van der Waals surface area contributed by atoms with E-state index in [4.69, 9.17) is 10.5 Å². The second-order valence-corrected chi connectivity index (χ2v) is 6.04. The Morgan fingerprint density at radius 1 is 1.36 bits per heavy atom. The van der Waals surface area contributed by atoms with E-state index in [1.807, 2.05) is 26.8 Å². The van der Waals surface area contributed by atoms with Crippen LogP contribution in [0, 0.1) is 0 Å². The van der Waals surface area contributed by atoms with E-state index in [1.54, 1.807) is 4.90 Å². The molecule has 0 atom stereocenters. The molecule has 0 saturated heterocycles. The first kappa shape index (κ1) is 15.9. The van der Waals surface area contributed by atoms with E-state index in [0.717, 1.165) is 5.57 Å². The molecule has 2 rings (SSSR count). The van der Waals surface area contributed by atoms with Crippen molar-refractivity contribution in [3.8, 4) is 0 Å². The second-order valence-electron chi connectivity index (χ2n) is 6.04. The molecule has 7 heteroatoms. The molecule has 1 aromatic heterocycles. The Kier molecular flexibility index (Phi) is 4.44. The van der Waals surface area contributed by atoms with Crippen LogP contribution in [0.1, 0.15) is 43.5 Å². The van der Waals surface area contributed by atoms with E-state index in [0.29, 0.717) is 25.3 Å². The number of carbonyl (C=O) groups excluding carboxylic acids is 2. The van der Waals surface area contributed by atoms with Crippen molar-refractivity contribution >= 4 is 17.6 Å². The van der Waals surface area contributed by atoms with Gasteiger partial charge in [-0.1, -0.05) is 6.08 Å². The third-order valence-electron chi connectivity index (χ3n) is 3.06. The third kappa shape index (κ3) is 4.03. The molecule has 1 aliphatic heterocycles. The highest BCUT2D eigenvalue weighted by Gasteiger charge is 2.24. The summed E-state index contributed by atoms with van der Waals surface area (Å²) in [6.07, 6.45) is 3.63. The van der Waals surface area contributed by atoms with Crippen molar-refractivity contribution in [3.05, 3.63) is 29.9 Å². The van der Waals surface area contributed by atoms with Gasteiger partial charge in [0.2, 0.25) is 0 Å². The minimum Gasteiger partial charge on any atom is -0.444 e. The van der Waals surface area contributed by atoms with Gasteiger partial charge in [-0.15, -0.1) is 0 Å². The summed E-state index contributed by atoms with van der Waals surface area (Å²) in [7, 11) is 0. The van der Waals surface area contributed by atoms with Gasteiger partial charge in [0, 0.05) is 19.3 Å². The SMILES string of the molecule is CC(C)(C)OC(=O)N1CC=C(c2nccc(C(N)=O)n2)CC1. The van der Waals surface area contributed by atoms with Crippen LogP contribution < -0.4 is 5.73 Å². The Bertz CT molecular complexity index is 619. The standard InChI is InChI=1S/C15H20N4O3/c1-15(2,3)22-14(21)19-8-5-10(6-9-19)13-17-7-4-11(18-13)12(16)20/h4-5,7H,6,8-9H2,1-3H3,(H2,16,20). The van der Waals surface area contributed by atoms with Crippen LogP contribution in [0.15, 0.2) is 18.3 Å². The van der Waals surface area contributed by atoms with Crippen molar-refractivity contribution in [3.63, 3.8) is 0 Å². The van der Waals surface area contributed by atoms with Crippen molar-refractivity contribution < 1.29 is 14.3 Å². The predicted octanol–water partition coefficient (Wildman–Crippen LogP) is 1.60. The summed E-state index contributed by atoms with van der Waals surface area (Å²) < 4.78 is 5.33. The molecule has 0 aliphatic carbocycles. The highest BCUT2D eigenvalue weighted by atomic mass is 16.6. The smallest absolute Gasteiger partial charge is 0.410 e. The van der Waals surface area contributed by atoms with E-state index >= 15 is 0 Å². The molecule has 2 N–H and O–H groups in total. The van der Waals surface area contributed by atoms with Gasteiger partial charge in [-0.05, 0) is 38.8 Å². The van der Waals surface area contributed by atoms with Crippen LogP contribution in [0.5, 0.6) is 0 Å². The number of nitrogens with zero attached hydrogens (tertiary/aromatic N) is 3. The second kappa shape index (κ2) is 6.13. The largest absolute Gasteiger partial charge is 0.444 e. The molecule has 0 aromatic carbocycles. The lowest BCUT2D eigenvalue weighted by atomic mass is 10.1. The van der Waals surface area contributed by atoms with Crippen molar-refractivity contribution in [1.82, 2.24) is 14.9 Å². The number of rotatable bonds is 2. The monoisotopic (exact) mass is 304 g/mol. The maximum absolute atomic E-state index is 12.0. The first-order chi connectivity index (χ1) is 10.3. The molecule has 1 aromatic rings. The summed E-state index contributed by atoms with van der Waals surface area (Å²) in [5, 5.41) is 0. The van der Waals surface area contributed by atoms with Gasteiger partial charge < -0.3 is 15.4 Å². The predicted molar refractivity (Wildman–Crippen MR) is 81.0 cm³/mol. The molecule has 22 heavy (non-hydrogen) atoms. The maximum atomic E-state index is 12.0. The highest BCUT2D eigenvalue weighted by molar-refractivity contribution is 5.90. The lowest BCUT2D eigenvalue weighted by Crippen LogP contribution is -2.39. The average molecular weight is 304 g/mol. The van der Waals surface area contributed by atoms with E-state index in [-0.39, 0.29) is 11.8 Å². The number of ether oxygens (including phenoxy) is 1. The third-order valence-corrected chi connectivity index (χ3v) is 3.06. The Morgan fingerprint density at radius 3 is 2.64 bits per heavy atom. The fourth-order valence-corrected chi connectivity index (χ4v) is 2.02. The van der Waals surface area contributed by atoms with Crippen LogP contribution in [0.4, 0.5) is 4.79 Å². The normalized spacial score (nSPS) is 15.2. The van der Waals surface area contributed by atoms with Gasteiger partial charge in [-0.2, -0.15) is 0 Å². The van der Waals surface area contributed by atoms with Gasteiger partial charge >= 0.3 is 6.09 Å². The lowest BCUT2D eigenvalue weighted by Gasteiger charge is -2.29. The molecule has 0 radical (unpaired) electrons. The molecule has 2 amide bonds. The molecule has 0 bridgehead atoms. The van der Waals surface area contributed by atoms with Crippen LogP contribution in [-0.2, 0) is 4.74 Å². The highest BCUT2D eigenvalue weighted by Crippen LogP contribution is 2.20. The molecule has 0 fully saturated rings. The molecule has 0 saturated carbocycles. The van der Waals surface area contributed by atoms with Gasteiger partial charge in [0.05, 0.1) is 0 Å².